The van der Waals surface area contributed by atoms with E-state index in [0.29, 0.717) is 17.3 Å². The van der Waals surface area contributed by atoms with Crippen LogP contribution in [0.3, 0.4) is 0 Å². The molecule has 0 saturated carbocycles. The van der Waals surface area contributed by atoms with E-state index in [4.69, 9.17) is 0 Å². The van der Waals surface area contributed by atoms with E-state index in [0.717, 1.165) is 22.4 Å². The number of hydrogen-bond donors (Lipinski definition) is 0. The molecule has 2 aromatic carbocycles. The minimum atomic E-state index is -1.14. The number of carbonyl (C=O) groups excluding carboxylic acids is 1. The van der Waals surface area contributed by atoms with Crippen molar-refractivity contribution in [2.45, 2.75) is 6.42 Å². The third-order valence-corrected chi connectivity index (χ3v) is 3.82. The van der Waals surface area contributed by atoms with Gasteiger partial charge in [0, 0.05) is 22.9 Å². The first-order valence-electron chi connectivity index (χ1n) is 6.47. The maximum atomic E-state index is 11.6. The Labute approximate surface area is 164 Å². The van der Waals surface area contributed by atoms with Gasteiger partial charge in [0.05, 0.1) is 17.2 Å². The summed E-state index contributed by atoms with van der Waals surface area (Å²) in [5, 5.41) is 12.3. The van der Waals surface area contributed by atoms with Crippen LogP contribution >= 0.6 is 0 Å². The van der Waals surface area contributed by atoms with Crippen LogP contribution in [0.1, 0.15) is 21.6 Å². The molecule has 96 valence electrons. The standard InChI is InChI=1S/C17H11NO2.K/c19-17(20)16-12-7-3-4-8-13(12)18-14-9-10-5-1-2-6-11(10)15(14)16;/h1-8H,9H2,(H,19,20);/q;+1/p-1. The van der Waals surface area contributed by atoms with Crippen molar-refractivity contribution >= 4 is 16.9 Å². The zero-order valence-electron chi connectivity index (χ0n) is 11.6. The fourth-order valence-corrected chi connectivity index (χ4v) is 2.99. The van der Waals surface area contributed by atoms with Crippen molar-refractivity contribution in [1.29, 1.82) is 0 Å². The van der Waals surface area contributed by atoms with Crippen LogP contribution in [-0.4, -0.2) is 11.0 Å². The second-order valence-corrected chi connectivity index (χ2v) is 4.95. The van der Waals surface area contributed by atoms with E-state index in [9.17, 15) is 9.90 Å². The van der Waals surface area contributed by atoms with Crippen LogP contribution in [0.5, 0.6) is 0 Å². The molecule has 21 heavy (non-hydrogen) atoms. The third-order valence-electron chi connectivity index (χ3n) is 3.82. The van der Waals surface area contributed by atoms with Crippen LogP contribution in [0.2, 0.25) is 0 Å². The van der Waals surface area contributed by atoms with Crippen LogP contribution in [-0.2, 0) is 6.42 Å². The van der Waals surface area contributed by atoms with Crippen molar-refractivity contribution in [2.75, 3.05) is 0 Å². The summed E-state index contributed by atoms with van der Waals surface area (Å²) in [6, 6.07) is 15.2. The molecule has 0 fully saturated rings. The zero-order chi connectivity index (χ0) is 13.7. The Morgan fingerprint density at radius 1 is 1.05 bits per heavy atom. The van der Waals surface area contributed by atoms with Gasteiger partial charge in [0.25, 0.3) is 0 Å². The molecule has 4 rings (SSSR count). The van der Waals surface area contributed by atoms with Gasteiger partial charge < -0.3 is 9.90 Å². The summed E-state index contributed by atoms with van der Waals surface area (Å²) in [5.41, 5.74) is 4.59. The molecule has 0 saturated heterocycles. The second-order valence-electron chi connectivity index (χ2n) is 4.95. The van der Waals surface area contributed by atoms with Crippen LogP contribution in [0, 0.1) is 0 Å². The van der Waals surface area contributed by atoms with Crippen LogP contribution in [0.4, 0.5) is 0 Å². The van der Waals surface area contributed by atoms with Gasteiger partial charge in [0.15, 0.2) is 0 Å². The predicted molar refractivity (Wildman–Crippen MR) is 74.3 cm³/mol. The van der Waals surface area contributed by atoms with E-state index >= 15 is 0 Å². The molecule has 0 bridgehead atoms. The quantitative estimate of drug-likeness (QED) is 0.431. The minimum Gasteiger partial charge on any atom is -0.545 e. The topological polar surface area (TPSA) is 53.0 Å². The van der Waals surface area contributed by atoms with Crippen molar-refractivity contribution in [1.82, 2.24) is 4.98 Å². The number of rotatable bonds is 1. The SMILES string of the molecule is O=C([O-])c1c2c(nc3ccccc13)Cc1ccccc1-2.[K+]. The molecule has 3 aromatic rings. The summed E-state index contributed by atoms with van der Waals surface area (Å²) in [6.07, 6.45) is 0.677. The average molecular weight is 299 g/mol. The molecule has 0 amide bonds. The summed E-state index contributed by atoms with van der Waals surface area (Å²) in [7, 11) is 0. The summed E-state index contributed by atoms with van der Waals surface area (Å²) < 4.78 is 0. The maximum absolute atomic E-state index is 11.6. The molecule has 0 N–H and O–H groups in total. The summed E-state index contributed by atoms with van der Waals surface area (Å²) in [5.74, 6) is -1.14. The zero-order valence-corrected chi connectivity index (χ0v) is 14.7. The number of pyridine rings is 1. The second kappa shape index (κ2) is 5.63. The number of carboxylic acids is 1. The number of hydrogen-bond acceptors (Lipinski definition) is 3. The molecular formula is C17H10KNO2. The predicted octanol–water partition coefficient (Wildman–Crippen LogP) is -0.826. The monoisotopic (exact) mass is 299 g/mol. The van der Waals surface area contributed by atoms with Gasteiger partial charge in [-0.1, -0.05) is 42.5 Å². The Morgan fingerprint density at radius 2 is 1.76 bits per heavy atom. The maximum Gasteiger partial charge on any atom is 1.00 e. The van der Waals surface area contributed by atoms with Crippen LogP contribution < -0.4 is 56.5 Å². The number of nitrogens with zero attached hydrogens (tertiary/aromatic N) is 1. The Hall–Kier alpha value is -1.04. The molecule has 0 radical (unpaired) electrons. The molecule has 0 atom stereocenters. The summed E-state index contributed by atoms with van der Waals surface area (Å²) >= 11 is 0. The molecular weight excluding hydrogens is 289 g/mol. The molecule has 1 aromatic heterocycles. The molecule has 1 aliphatic rings. The van der Waals surface area contributed by atoms with Gasteiger partial charge in [0.1, 0.15) is 0 Å². The molecule has 4 heteroatoms. The molecule has 1 aliphatic carbocycles. The Bertz CT molecular complexity index is 874. The molecule has 0 unspecified atom stereocenters. The number of aromatic nitrogens is 1. The van der Waals surface area contributed by atoms with Crippen LogP contribution in [0.15, 0.2) is 48.5 Å². The van der Waals surface area contributed by atoms with Gasteiger partial charge in [-0.05, 0) is 17.2 Å². The van der Waals surface area contributed by atoms with Crippen LogP contribution in [0.25, 0.3) is 22.0 Å². The summed E-state index contributed by atoms with van der Waals surface area (Å²) in [6.45, 7) is 0. The largest absolute Gasteiger partial charge is 1.00 e. The summed E-state index contributed by atoms with van der Waals surface area (Å²) in [4.78, 5) is 16.3. The molecule has 0 aliphatic heterocycles. The minimum absolute atomic E-state index is 0. The van der Waals surface area contributed by atoms with Gasteiger partial charge >= 0.3 is 51.4 Å². The van der Waals surface area contributed by atoms with Gasteiger partial charge in [-0.2, -0.15) is 0 Å². The van der Waals surface area contributed by atoms with E-state index < -0.39 is 5.97 Å². The fourth-order valence-electron chi connectivity index (χ4n) is 2.99. The Morgan fingerprint density at radius 3 is 2.57 bits per heavy atom. The van der Waals surface area contributed by atoms with Crippen molar-refractivity contribution in [3.8, 4) is 11.1 Å². The first kappa shape index (κ1) is 14.9. The van der Waals surface area contributed by atoms with Gasteiger partial charge in [-0.3, -0.25) is 4.98 Å². The Kier molecular flexibility index (Phi) is 3.99. The number of para-hydroxylation sites is 1. The number of benzene rings is 2. The third kappa shape index (κ3) is 2.27. The van der Waals surface area contributed by atoms with E-state index in [1.165, 1.54) is 0 Å². The van der Waals surface area contributed by atoms with Gasteiger partial charge in [0.2, 0.25) is 0 Å². The van der Waals surface area contributed by atoms with Crippen molar-refractivity contribution < 1.29 is 61.3 Å². The van der Waals surface area contributed by atoms with Crippen molar-refractivity contribution in [3.05, 3.63) is 65.4 Å². The van der Waals surface area contributed by atoms with Crippen molar-refractivity contribution in [2.24, 2.45) is 0 Å². The number of carbonyl (C=O) groups is 1. The fraction of sp³-hybridized carbons (Fsp3) is 0.0588. The normalized spacial score (nSPS) is 11.6. The van der Waals surface area contributed by atoms with E-state index in [1.807, 2.05) is 42.5 Å². The number of fused-ring (bicyclic) bond motifs is 4. The average Bonchev–Trinajstić information content (AvgIpc) is 2.82. The first-order chi connectivity index (χ1) is 9.75. The smallest absolute Gasteiger partial charge is 0.545 e. The van der Waals surface area contributed by atoms with E-state index in [1.54, 1.807) is 6.07 Å². The molecule has 1 heterocycles. The number of carboxylic acid groups (broad SMARTS) is 1. The molecule has 0 spiro atoms. The van der Waals surface area contributed by atoms with E-state index in [-0.39, 0.29) is 56.9 Å². The van der Waals surface area contributed by atoms with Gasteiger partial charge in [-0.25, -0.2) is 0 Å². The number of aromatic carboxylic acids is 1. The Balaban J connectivity index is 0.00000132. The van der Waals surface area contributed by atoms with E-state index in [2.05, 4.69) is 4.98 Å². The van der Waals surface area contributed by atoms with Gasteiger partial charge in [-0.15, -0.1) is 0 Å². The first-order valence-corrected chi connectivity index (χ1v) is 6.47. The molecule has 3 nitrogen and oxygen atoms in total. The van der Waals surface area contributed by atoms with Crippen molar-refractivity contribution in [3.63, 3.8) is 0 Å².